The summed E-state index contributed by atoms with van der Waals surface area (Å²) in [5.41, 5.74) is 0.426. The van der Waals surface area contributed by atoms with Crippen molar-refractivity contribution in [2.75, 3.05) is 32.1 Å². The van der Waals surface area contributed by atoms with Gasteiger partial charge in [-0.3, -0.25) is 24.0 Å². The fourth-order valence-electron chi connectivity index (χ4n) is 6.60. The van der Waals surface area contributed by atoms with E-state index in [1.807, 2.05) is 79.6 Å². The highest BCUT2D eigenvalue weighted by atomic mass is 16.2. The lowest BCUT2D eigenvalue weighted by Crippen LogP contribution is -2.62. The van der Waals surface area contributed by atoms with E-state index in [9.17, 15) is 28.8 Å². The van der Waals surface area contributed by atoms with Gasteiger partial charge in [-0.25, -0.2) is 4.79 Å². The summed E-state index contributed by atoms with van der Waals surface area (Å²) in [5.74, 6) is -3.13. The third kappa shape index (κ3) is 8.25. The van der Waals surface area contributed by atoms with Gasteiger partial charge in [-0.2, -0.15) is 0 Å². The van der Waals surface area contributed by atoms with Crippen molar-refractivity contribution in [2.24, 2.45) is 28.6 Å². The maximum atomic E-state index is 14.3. The van der Waals surface area contributed by atoms with Crippen molar-refractivity contribution in [3.8, 4) is 0 Å². The smallest absolute Gasteiger partial charge is 0.316 e. The highest BCUT2D eigenvalue weighted by Crippen LogP contribution is 2.65. The molecular weight excluding hydrogens is 612 g/mol. The molecular formula is C36H54N6O6. The Balaban J connectivity index is 1.81. The number of Topliss-reactive ketones (excluding diaryl/α,β-unsaturated/α-hetero) is 2. The predicted octanol–water partition coefficient (Wildman–Crippen LogP) is 2.92. The van der Waals surface area contributed by atoms with Gasteiger partial charge in [-0.05, 0) is 59.3 Å². The van der Waals surface area contributed by atoms with Crippen molar-refractivity contribution >= 4 is 41.0 Å². The first-order valence-corrected chi connectivity index (χ1v) is 16.7. The van der Waals surface area contributed by atoms with E-state index in [2.05, 4.69) is 27.8 Å². The average molecular weight is 667 g/mol. The lowest BCUT2D eigenvalue weighted by Gasteiger charge is -2.38. The van der Waals surface area contributed by atoms with Crippen LogP contribution in [0.25, 0.3) is 0 Å². The van der Waals surface area contributed by atoms with Crippen molar-refractivity contribution in [1.29, 1.82) is 0 Å². The van der Waals surface area contributed by atoms with Crippen LogP contribution in [-0.4, -0.2) is 91.6 Å². The topological polar surface area (TPSA) is 157 Å². The molecule has 3 rings (SSSR count). The van der Waals surface area contributed by atoms with Crippen LogP contribution in [-0.2, 0) is 19.2 Å². The monoisotopic (exact) mass is 666 g/mol. The van der Waals surface area contributed by atoms with Gasteiger partial charge >= 0.3 is 6.03 Å². The number of hydrogen-bond acceptors (Lipinski definition) is 7. The van der Waals surface area contributed by atoms with E-state index in [1.165, 1.54) is 11.0 Å². The minimum Gasteiger partial charge on any atom is -0.378 e. The number of fused-ring (bicyclic) bond motifs is 1. The van der Waals surface area contributed by atoms with Crippen molar-refractivity contribution in [2.45, 2.75) is 86.0 Å². The fourth-order valence-corrected chi connectivity index (χ4v) is 6.60. The lowest BCUT2D eigenvalue weighted by molar-refractivity contribution is -0.145. The number of piperidine rings is 1. The number of carbonyl (C=O) groups excluding carboxylic acids is 6. The minimum absolute atomic E-state index is 0.0557. The van der Waals surface area contributed by atoms with Crippen LogP contribution < -0.4 is 26.2 Å². The van der Waals surface area contributed by atoms with E-state index in [1.54, 1.807) is 19.1 Å². The number of likely N-dealkylation sites (tertiary alicyclic amines) is 1. The number of ketones is 2. The fraction of sp³-hybridized carbons (Fsp3) is 0.611. The number of urea groups is 1. The van der Waals surface area contributed by atoms with E-state index < -0.39 is 59.1 Å². The molecule has 2 aliphatic rings. The molecule has 1 saturated carbocycles. The Morgan fingerprint density at radius 2 is 1.62 bits per heavy atom. The van der Waals surface area contributed by atoms with Gasteiger partial charge in [-0.15, -0.1) is 6.58 Å². The van der Waals surface area contributed by atoms with Crippen molar-refractivity contribution in [3.63, 3.8) is 0 Å². The Bertz CT molecular complexity index is 1410. The number of amides is 5. The molecule has 6 atom stereocenters. The van der Waals surface area contributed by atoms with Gasteiger partial charge in [0.15, 0.2) is 5.78 Å². The molecule has 12 nitrogen and oxygen atoms in total. The second-order valence-electron chi connectivity index (χ2n) is 15.2. The molecule has 1 heterocycles. The molecule has 4 N–H and O–H groups in total. The molecule has 48 heavy (non-hydrogen) atoms. The van der Waals surface area contributed by atoms with E-state index >= 15 is 0 Å². The first kappa shape index (κ1) is 38.2. The van der Waals surface area contributed by atoms with Crippen LogP contribution in [0.5, 0.6) is 0 Å². The normalized spacial score (nSPS) is 21.2. The quantitative estimate of drug-likeness (QED) is 0.135. The maximum absolute atomic E-state index is 14.3. The summed E-state index contributed by atoms with van der Waals surface area (Å²) in [7, 11) is 3.81. The van der Waals surface area contributed by atoms with E-state index in [-0.39, 0.29) is 41.9 Å². The SMILES string of the molecule is C=CCNC(=O)C(=O)C(CC)NC(=O)[C@@H]1[C@@H]2[C@H](CN1C(=O)[C@@H](NC(=O)N[C@H](C(=O)c1ccc(N(C)C)cc1)C(C)C)C(C)(C)C)C2(C)C. The zero-order chi connectivity index (χ0) is 36.3. The molecule has 0 spiro atoms. The van der Waals surface area contributed by atoms with Crippen molar-refractivity contribution in [1.82, 2.24) is 26.2 Å². The summed E-state index contributed by atoms with van der Waals surface area (Å²) < 4.78 is 0. The molecule has 264 valence electrons. The molecule has 2 fully saturated rings. The molecule has 1 aliphatic heterocycles. The number of anilines is 1. The van der Waals surface area contributed by atoms with E-state index in [0.29, 0.717) is 12.1 Å². The summed E-state index contributed by atoms with van der Waals surface area (Å²) in [6, 6.07) is 2.61. The molecule has 1 aromatic carbocycles. The molecule has 1 unspecified atom stereocenters. The Morgan fingerprint density at radius 1 is 1.02 bits per heavy atom. The van der Waals surface area contributed by atoms with E-state index in [4.69, 9.17) is 0 Å². The highest BCUT2D eigenvalue weighted by Gasteiger charge is 2.70. The zero-order valence-electron chi connectivity index (χ0n) is 30.1. The highest BCUT2D eigenvalue weighted by molar-refractivity contribution is 6.38. The van der Waals surface area contributed by atoms with Gasteiger partial charge in [0.05, 0.1) is 12.1 Å². The number of benzene rings is 1. The summed E-state index contributed by atoms with van der Waals surface area (Å²) in [4.78, 5) is 83.7. The van der Waals surface area contributed by atoms with Gasteiger partial charge in [-0.1, -0.05) is 61.5 Å². The summed E-state index contributed by atoms with van der Waals surface area (Å²) in [5, 5.41) is 10.8. The van der Waals surface area contributed by atoms with Crippen LogP contribution in [0, 0.1) is 28.6 Å². The Hall–Kier alpha value is -4.22. The second kappa shape index (κ2) is 14.9. The summed E-state index contributed by atoms with van der Waals surface area (Å²) in [6.45, 7) is 18.8. The number of carbonyl (C=O) groups is 6. The molecule has 1 aliphatic carbocycles. The van der Waals surface area contributed by atoms with Crippen LogP contribution >= 0.6 is 0 Å². The van der Waals surface area contributed by atoms with Crippen molar-refractivity contribution < 1.29 is 28.8 Å². The van der Waals surface area contributed by atoms with Crippen LogP contribution in [0.1, 0.15) is 72.2 Å². The van der Waals surface area contributed by atoms with E-state index in [0.717, 1.165) is 5.69 Å². The van der Waals surface area contributed by atoms with Gasteiger partial charge in [0.25, 0.3) is 5.91 Å². The Labute approximate surface area is 284 Å². The standard InChI is InChI=1S/C36H54N6O6/c1-12-18-37-32(46)29(44)24(13-2)38-31(45)27-25-23(36(25,8)9)19-42(27)33(47)30(35(5,6)7)40-34(48)39-26(20(3)4)28(43)21-14-16-22(17-15-21)41(10)11/h12,14-17,20,23-27,30H,1,13,18-19H2,2-11H3,(H,37,46)(H,38,45)(H2,39,40,48)/t23-,24?,25-,26-,27-,30+/m0/s1. The largest absolute Gasteiger partial charge is 0.378 e. The minimum atomic E-state index is -1.06. The number of rotatable bonds is 14. The first-order valence-electron chi connectivity index (χ1n) is 16.7. The van der Waals surface area contributed by atoms with Crippen LogP contribution in [0.15, 0.2) is 36.9 Å². The molecule has 0 radical (unpaired) electrons. The lowest BCUT2D eigenvalue weighted by atomic mass is 9.85. The average Bonchev–Trinajstić information content (AvgIpc) is 3.33. The predicted molar refractivity (Wildman–Crippen MR) is 185 cm³/mol. The molecule has 0 aromatic heterocycles. The Morgan fingerprint density at radius 3 is 2.12 bits per heavy atom. The third-order valence-corrected chi connectivity index (χ3v) is 9.72. The third-order valence-electron chi connectivity index (χ3n) is 9.72. The van der Waals surface area contributed by atoms with Gasteiger partial charge in [0.2, 0.25) is 17.6 Å². The molecule has 0 bridgehead atoms. The molecule has 1 aromatic rings. The first-order chi connectivity index (χ1) is 22.3. The number of nitrogens with zero attached hydrogens (tertiary/aromatic N) is 2. The van der Waals surface area contributed by atoms with Gasteiger partial charge in [0.1, 0.15) is 12.1 Å². The van der Waals surface area contributed by atoms with Crippen LogP contribution in [0.4, 0.5) is 10.5 Å². The van der Waals surface area contributed by atoms with Gasteiger partial charge in [0, 0.05) is 38.4 Å². The summed E-state index contributed by atoms with van der Waals surface area (Å²) in [6.07, 6.45) is 1.64. The number of hydrogen-bond donors (Lipinski definition) is 4. The maximum Gasteiger partial charge on any atom is 0.316 e. The number of nitrogens with one attached hydrogen (secondary N) is 4. The van der Waals surface area contributed by atoms with Crippen LogP contribution in [0.3, 0.4) is 0 Å². The zero-order valence-corrected chi connectivity index (χ0v) is 30.1. The Kier molecular flexibility index (Phi) is 11.9. The second-order valence-corrected chi connectivity index (χ2v) is 15.2. The summed E-state index contributed by atoms with van der Waals surface area (Å²) >= 11 is 0. The molecule has 5 amide bonds. The molecule has 1 saturated heterocycles. The van der Waals surface area contributed by atoms with Gasteiger partial charge < -0.3 is 31.1 Å². The van der Waals surface area contributed by atoms with Crippen molar-refractivity contribution in [3.05, 3.63) is 42.5 Å². The van der Waals surface area contributed by atoms with Crippen LogP contribution in [0.2, 0.25) is 0 Å². The molecule has 12 heteroatoms.